The van der Waals surface area contributed by atoms with Gasteiger partial charge in [0.05, 0.1) is 13.7 Å². The van der Waals surface area contributed by atoms with Gasteiger partial charge in [0, 0.05) is 13.2 Å². The fourth-order valence-electron chi connectivity index (χ4n) is 1.46. The summed E-state index contributed by atoms with van der Waals surface area (Å²) in [6.07, 6.45) is 2.91. The lowest BCUT2D eigenvalue weighted by molar-refractivity contribution is -0.143. The predicted molar refractivity (Wildman–Crippen MR) is 59.8 cm³/mol. The Balaban J connectivity index is 4.05. The van der Waals surface area contributed by atoms with Gasteiger partial charge in [-0.25, -0.2) is 0 Å². The Morgan fingerprint density at radius 1 is 1.40 bits per heavy atom. The van der Waals surface area contributed by atoms with Crippen LogP contribution in [0.2, 0.25) is 0 Å². The second-order valence-corrected chi connectivity index (χ2v) is 3.74. The van der Waals surface area contributed by atoms with E-state index in [0.717, 1.165) is 19.3 Å². The smallest absolute Gasteiger partial charge is 0.322 e. The minimum absolute atomic E-state index is 0.163. The van der Waals surface area contributed by atoms with Gasteiger partial charge in [-0.2, -0.15) is 0 Å². The van der Waals surface area contributed by atoms with Gasteiger partial charge >= 0.3 is 5.97 Å². The van der Waals surface area contributed by atoms with Crippen LogP contribution in [0, 0.1) is 0 Å². The van der Waals surface area contributed by atoms with E-state index in [2.05, 4.69) is 12.2 Å². The Labute approximate surface area is 92.3 Å². The molecular weight excluding hydrogens is 194 g/mol. The maximum absolute atomic E-state index is 11.4. The maximum atomic E-state index is 11.4. The Morgan fingerprint density at radius 2 is 2.07 bits per heavy atom. The van der Waals surface area contributed by atoms with E-state index in [9.17, 15) is 4.79 Å². The van der Waals surface area contributed by atoms with Crippen molar-refractivity contribution in [3.05, 3.63) is 0 Å². The molecule has 0 aliphatic heterocycles. The van der Waals surface area contributed by atoms with Crippen molar-refractivity contribution in [2.45, 2.75) is 45.2 Å². The number of hydrogen-bond acceptors (Lipinski definition) is 4. The van der Waals surface area contributed by atoms with E-state index < -0.39 is 0 Å². The highest BCUT2D eigenvalue weighted by molar-refractivity contribution is 5.75. The molecule has 0 aromatic heterocycles. The quantitative estimate of drug-likeness (QED) is 0.623. The predicted octanol–water partition coefficient (Wildman–Crippen LogP) is 1.34. The van der Waals surface area contributed by atoms with Gasteiger partial charge in [-0.3, -0.25) is 10.1 Å². The molecule has 0 aromatic rings. The third kappa shape index (κ3) is 6.47. The van der Waals surface area contributed by atoms with E-state index in [-0.39, 0.29) is 18.1 Å². The van der Waals surface area contributed by atoms with Gasteiger partial charge in [0.2, 0.25) is 0 Å². The van der Waals surface area contributed by atoms with E-state index >= 15 is 0 Å². The van der Waals surface area contributed by atoms with Crippen molar-refractivity contribution < 1.29 is 14.3 Å². The standard InChI is InChI=1S/C11H23NO3/c1-5-6-7-10(11(13)15-4)12-9(2)8-14-3/h9-10,12H,5-8H2,1-4H3. The molecule has 15 heavy (non-hydrogen) atoms. The van der Waals surface area contributed by atoms with Gasteiger partial charge in [-0.15, -0.1) is 0 Å². The summed E-state index contributed by atoms with van der Waals surface area (Å²) in [7, 11) is 3.07. The first-order valence-electron chi connectivity index (χ1n) is 5.48. The zero-order valence-electron chi connectivity index (χ0n) is 10.2. The number of carbonyl (C=O) groups excluding carboxylic acids is 1. The molecule has 0 aliphatic carbocycles. The average Bonchev–Trinajstić information content (AvgIpc) is 2.23. The SMILES string of the molecule is CCCCC(NC(C)COC)C(=O)OC. The van der Waals surface area contributed by atoms with Crippen LogP contribution in [0.5, 0.6) is 0 Å². The molecule has 2 unspecified atom stereocenters. The first-order chi connectivity index (χ1) is 7.15. The Bertz CT molecular complexity index is 173. The molecule has 0 bridgehead atoms. The van der Waals surface area contributed by atoms with Crippen molar-refractivity contribution >= 4 is 5.97 Å². The molecule has 0 fully saturated rings. The molecule has 0 aromatic carbocycles. The van der Waals surface area contributed by atoms with Crippen LogP contribution in [0.3, 0.4) is 0 Å². The fourth-order valence-corrected chi connectivity index (χ4v) is 1.46. The van der Waals surface area contributed by atoms with Crippen LogP contribution in [-0.4, -0.2) is 38.9 Å². The van der Waals surface area contributed by atoms with E-state index in [1.54, 1.807) is 7.11 Å². The minimum atomic E-state index is -0.208. The van der Waals surface area contributed by atoms with Gasteiger partial charge in [-0.05, 0) is 13.3 Å². The minimum Gasteiger partial charge on any atom is -0.468 e. The van der Waals surface area contributed by atoms with Crippen LogP contribution in [0.15, 0.2) is 0 Å². The normalized spacial score (nSPS) is 14.7. The molecule has 1 N–H and O–H groups in total. The van der Waals surface area contributed by atoms with Crippen molar-refractivity contribution in [1.29, 1.82) is 0 Å². The summed E-state index contributed by atoms with van der Waals surface area (Å²) in [6, 6.07) is -0.0453. The van der Waals surface area contributed by atoms with Crippen LogP contribution in [-0.2, 0) is 14.3 Å². The van der Waals surface area contributed by atoms with Gasteiger partial charge in [0.15, 0.2) is 0 Å². The lowest BCUT2D eigenvalue weighted by atomic mass is 10.1. The average molecular weight is 217 g/mol. The molecule has 0 spiro atoms. The number of ether oxygens (including phenoxy) is 2. The molecule has 2 atom stereocenters. The molecule has 0 amide bonds. The Hall–Kier alpha value is -0.610. The van der Waals surface area contributed by atoms with E-state index in [1.165, 1.54) is 7.11 Å². The summed E-state index contributed by atoms with van der Waals surface area (Å²) in [4.78, 5) is 11.4. The van der Waals surface area contributed by atoms with Crippen LogP contribution < -0.4 is 5.32 Å². The van der Waals surface area contributed by atoms with Gasteiger partial charge in [0.25, 0.3) is 0 Å². The summed E-state index contributed by atoms with van der Waals surface area (Å²) in [5.74, 6) is -0.189. The lowest BCUT2D eigenvalue weighted by Gasteiger charge is -2.20. The molecule has 0 saturated heterocycles. The monoisotopic (exact) mass is 217 g/mol. The zero-order valence-corrected chi connectivity index (χ0v) is 10.2. The molecule has 0 heterocycles. The first kappa shape index (κ1) is 14.4. The van der Waals surface area contributed by atoms with Crippen molar-refractivity contribution in [2.24, 2.45) is 0 Å². The first-order valence-corrected chi connectivity index (χ1v) is 5.48. The summed E-state index contributed by atoms with van der Waals surface area (Å²) < 4.78 is 9.75. The molecule has 90 valence electrons. The largest absolute Gasteiger partial charge is 0.468 e. The highest BCUT2D eigenvalue weighted by atomic mass is 16.5. The van der Waals surface area contributed by atoms with Crippen molar-refractivity contribution in [3.63, 3.8) is 0 Å². The van der Waals surface area contributed by atoms with Gasteiger partial charge in [-0.1, -0.05) is 19.8 Å². The maximum Gasteiger partial charge on any atom is 0.322 e. The van der Waals surface area contributed by atoms with Gasteiger partial charge < -0.3 is 9.47 Å². The third-order valence-corrected chi connectivity index (χ3v) is 2.23. The van der Waals surface area contributed by atoms with Crippen LogP contribution in [0.1, 0.15) is 33.1 Å². The number of hydrogen-bond donors (Lipinski definition) is 1. The van der Waals surface area contributed by atoms with E-state index in [0.29, 0.717) is 6.61 Å². The zero-order chi connectivity index (χ0) is 11.7. The Kier molecular flexibility index (Phi) is 8.33. The van der Waals surface area contributed by atoms with E-state index in [1.807, 2.05) is 6.92 Å². The molecule has 0 radical (unpaired) electrons. The van der Waals surface area contributed by atoms with Crippen molar-refractivity contribution in [1.82, 2.24) is 5.32 Å². The summed E-state index contributed by atoms with van der Waals surface area (Å²) in [5.41, 5.74) is 0. The number of carbonyl (C=O) groups is 1. The molecule has 0 saturated carbocycles. The Morgan fingerprint density at radius 3 is 2.53 bits per heavy atom. The highest BCUT2D eigenvalue weighted by Crippen LogP contribution is 2.03. The second kappa shape index (κ2) is 8.68. The number of unbranched alkanes of at least 4 members (excludes halogenated alkanes) is 1. The van der Waals surface area contributed by atoms with Crippen LogP contribution in [0.4, 0.5) is 0 Å². The summed E-state index contributed by atoms with van der Waals surface area (Å²) in [5, 5.41) is 3.20. The van der Waals surface area contributed by atoms with Gasteiger partial charge in [0.1, 0.15) is 6.04 Å². The van der Waals surface area contributed by atoms with Crippen LogP contribution in [0.25, 0.3) is 0 Å². The number of nitrogens with one attached hydrogen (secondary N) is 1. The number of methoxy groups -OCH3 is 2. The topological polar surface area (TPSA) is 47.6 Å². The molecule has 0 rings (SSSR count). The second-order valence-electron chi connectivity index (χ2n) is 3.74. The molecule has 4 nitrogen and oxygen atoms in total. The fraction of sp³-hybridized carbons (Fsp3) is 0.909. The van der Waals surface area contributed by atoms with Crippen LogP contribution >= 0.6 is 0 Å². The third-order valence-electron chi connectivity index (χ3n) is 2.23. The summed E-state index contributed by atoms with van der Waals surface area (Å²) in [6.45, 7) is 4.69. The number of esters is 1. The summed E-state index contributed by atoms with van der Waals surface area (Å²) >= 11 is 0. The lowest BCUT2D eigenvalue weighted by Crippen LogP contribution is -2.44. The van der Waals surface area contributed by atoms with E-state index in [4.69, 9.17) is 9.47 Å². The van der Waals surface area contributed by atoms with Crippen molar-refractivity contribution in [3.8, 4) is 0 Å². The number of rotatable bonds is 8. The molecular formula is C11H23NO3. The highest BCUT2D eigenvalue weighted by Gasteiger charge is 2.19. The molecule has 0 aliphatic rings. The van der Waals surface area contributed by atoms with Crippen molar-refractivity contribution in [2.75, 3.05) is 20.8 Å². The molecule has 4 heteroatoms.